The van der Waals surface area contributed by atoms with Gasteiger partial charge < -0.3 is 5.32 Å². The minimum atomic E-state index is 0.566. The smallest absolute Gasteiger partial charge is 0.0991 e. The molecule has 1 atom stereocenters. The molecular formula is C15H21N3. The molecule has 3 nitrogen and oxygen atoms in total. The van der Waals surface area contributed by atoms with E-state index in [2.05, 4.69) is 36.3 Å². The van der Waals surface area contributed by atoms with Gasteiger partial charge in [0.1, 0.15) is 0 Å². The molecule has 96 valence electrons. The highest BCUT2D eigenvalue weighted by Gasteiger charge is 2.28. The maximum atomic E-state index is 8.84. The summed E-state index contributed by atoms with van der Waals surface area (Å²) in [4.78, 5) is 2.46. The van der Waals surface area contributed by atoms with Crippen LogP contribution in [0.15, 0.2) is 24.3 Å². The maximum Gasteiger partial charge on any atom is 0.0991 e. The summed E-state index contributed by atoms with van der Waals surface area (Å²) in [5, 5.41) is 12.3. The number of nitriles is 1. The summed E-state index contributed by atoms with van der Waals surface area (Å²) in [6.45, 7) is 4.08. The lowest BCUT2D eigenvalue weighted by atomic mass is 10.1. The van der Waals surface area contributed by atoms with Crippen LogP contribution in [0.5, 0.6) is 0 Å². The molecule has 1 saturated carbocycles. The molecule has 0 aliphatic heterocycles. The summed E-state index contributed by atoms with van der Waals surface area (Å²) in [6, 6.07) is 11.3. The zero-order valence-electron chi connectivity index (χ0n) is 11.2. The molecule has 0 heterocycles. The minimum Gasteiger partial charge on any atom is -0.311 e. The molecule has 1 aliphatic carbocycles. The number of rotatable bonds is 6. The first-order chi connectivity index (χ1) is 8.70. The highest BCUT2D eigenvalue weighted by Crippen LogP contribution is 2.26. The fourth-order valence-corrected chi connectivity index (χ4v) is 2.16. The van der Waals surface area contributed by atoms with Crippen molar-refractivity contribution >= 4 is 0 Å². The Morgan fingerprint density at radius 1 is 1.50 bits per heavy atom. The Kier molecular flexibility index (Phi) is 4.35. The van der Waals surface area contributed by atoms with E-state index in [9.17, 15) is 0 Å². The van der Waals surface area contributed by atoms with E-state index in [1.807, 2.05) is 18.2 Å². The molecule has 1 aliphatic rings. The summed E-state index contributed by atoms with van der Waals surface area (Å²) >= 11 is 0. The van der Waals surface area contributed by atoms with Gasteiger partial charge in [0.25, 0.3) is 0 Å². The van der Waals surface area contributed by atoms with Crippen molar-refractivity contribution in [1.82, 2.24) is 10.2 Å². The summed E-state index contributed by atoms with van der Waals surface area (Å²) in [5.41, 5.74) is 1.91. The van der Waals surface area contributed by atoms with E-state index in [1.54, 1.807) is 0 Å². The Bertz CT molecular complexity index is 432. The predicted molar refractivity (Wildman–Crippen MR) is 73.1 cm³/mol. The zero-order chi connectivity index (χ0) is 13.0. The number of likely N-dealkylation sites (N-methyl/N-ethyl adjacent to an activating group) is 1. The second-order valence-corrected chi connectivity index (χ2v) is 5.19. The standard InChI is InChI=1S/C15H21N3/c1-12(18(2)15-6-7-15)10-17-11-14-5-3-4-13(8-14)9-16/h3-5,8,12,15,17H,6-7,10-11H2,1-2H3. The van der Waals surface area contributed by atoms with Gasteiger partial charge in [-0.3, -0.25) is 4.90 Å². The van der Waals surface area contributed by atoms with Crippen molar-refractivity contribution < 1.29 is 0 Å². The summed E-state index contributed by atoms with van der Waals surface area (Å²) in [5.74, 6) is 0. The van der Waals surface area contributed by atoms with Gasteiger partial charge in [0, 0.05) is 25.2 Å². The lowest BCUT2D eigenvalue weighted by Gasteiger charge is -2.24. The molecule has 2 rings (SSSR count). The molecular weight excluding hydrogens is 222 g/mol. The Labute approximate surface area is 109 Å². The first-order valence-corrected chi connectivity index (χ1v) is 6.62. The van der Waals surface area contributed by atoms with E-state index >= 15 is 0 Å². The maximum absolute atomic E-state index is 8.84. The molecule has 0 spiro atoms. The number of hydrogen-bond acceptors (Lipinski definition) is 3. The molecule has 1 aromatic rings. The van der Waals surface area contributed by atoms with E-state index in [0.717, 1.165) is 24.7 Å². The summed E-state index contributed by atoms with van der Waals surface area (Å²) < 4.78 is 0. The highest BCUT2D eigenvalue weighted by molar-refractivity contribution is 5.32. The van der Waals surface area contributed by atoms with Gasteiger partial charge in [-0.1, -0.05) is 12.1 Å². The molecule has 1 fully saturated rings. The molecule has 0 bridgehead atoms. The van der Waals surface area contributed by atoms with Gasteiger partial charge in [-0.2, -0.15) is 5.26 Å². The third-order valence-electron chi connectivity index (χ3n) is 3.64. The van der Waals surface area contributed by atoms with Crippen molar-refractivity contribution in [2.24, 2.45) is 0 Å². The van der Waals surface area contributed by atoms with Crippen LogP contribution >= 0.6 is 0 Å². The van der Waals surface area contributed by atoms with Gasteiger partial charge in [-0.15, -0.1) is 0 Å². The molecule has 1 aromatic carbocycles. The Hall–Kier alpha value is -1.37. The largest absolute Gasteiger partial charge is 0.311 e. The monoisotopic (exact) mass is 243 g/mol. The van der Waals surface area contributed by atoms with Crippen molar-refractivity contribution in [2.45, 2.75) is 38.4 Å². The van der Waals surface area contributed by atoms with Crippen molar-refractivity contribution in [3.8, 4) is 6.07 Å². The molecule has 0 radical (unpaired) electrons. The van der Waals surface area contributed by atoms with Crippen molar-refractivity contribution in [2.75, 3.05) is 13.6 Å². The molecule has 18 heavy (non-hydrogen) atoms. The molecule has 1 N–H and O–H groups in total. The SMILES string of the molecule is CC(CNCc1cccc(C#N)c1)N(C)C1CC1. The van der Waals surface area contributed by atoms with Crippen LogP contribution in [-0.4, -0.2) is 30.6 Å². The zero-order valence-corrected chi connectivity index (χ0v) is 11.2. The Morgan fingerprint density at radius 2 is 2.28 bits per heavy atom. The Morgan fingerprint density at radius 3 is 2.94 bits per heavy atom. The van der Waals surface area contributed by atoms with Gasteiger partial charge >= 0.3 is 0 Å². The number of benzene rings is 1. The molecule has 0 aromatic heterocycles. The quantitative estimate of drug-likeness (QED) is 0.832. The van der Waals surface area contributed by atoms with E-state index < -0.39 is 0 Å². The molecule has 3 heteroatoms. The third kappa shape index (κ3) is 3.56. The fourth-order valence-electron chi connectivity index (χ4n) is 2.16. The van der Waals surface area contributed by atoms with Crippen molar-refractivity contribution in [1.29, 1.82) is 5.26 Å². The van der Waals surface area contributed by atoms with Gasteiger partial charge in [0.05, 0.1) is 11.6 Å². The van der Waals surface area contributed by atoms with Crippen LogP contribution in [0.25, 0.3) is 0 Å². The van der Waals surface area contributed by atoms with Crippen LogP contribution in [0.2, 0.25) is 0 Å². The van der Waals surface area contributed by atoms with Crippen LogP contribution < -0.4 is 5.32 Å². The lowest BCUT2D eigenvalue weighted by molar-refractivity contribution is 0.241. The molecule has 0 saturated heterocycles. The van der Waals surface area contributed by atoms with Crippen LogP contribution in [0.1, 0.15) is 30.9 Å². The van der Waals surface area contributed by atoms with E-state index in [-0.39, 0.29) is 0 Å². The summed E-state index contributed by atoms with van der Waals surface area (Å²) in [7, 11) is 2.21. The van der Waals surface area contributed by atoms with Gasteiger partial charge in [0.15, 0.2) is 0 Å². The minimum absolute atomic E-state index is 0.566. The highest BCUT2D eigenvalue weighted by atomic mass is 15.2. The predicted octanol–water partition coefficient (Wildman–Crippen LogP) is 2.13. The number of nitrogens with one attached hydrogen (secondary N) is 1. The van der Waals surface area contributed by atoms with E-state index in [0.29, 0.717) is 6.04 Å². The molecule has 0 amide bonds. The van der Waals surface area contributed by atoms with Gasteiger partial charge in [0.2, 0.25) is 0 Å². The lowest BCUT2D eigenvalue weighted by Crippen LogP contribution is -2.38. The summed E-state index contributed by atoms with van der Waals surface area (Å²) in [6.07, 6.45) is 2.70. The van der Waals surface area contributed by atoms with E-state index in [4.69, 9.17) is 5.26 Å². The van der Waals surface area contributed by atoms with Crippen LogP contribution in [0.4, 0.5) is 0 Å². The Balaban J connectivity index is 1.75. The van der Waals surface area contributed by atoms with Gasteiger partial charge in [-0.25, -0.2) is 0 Å². The fraction of sp³-hybridized carbons (Fsp3) is 0.533. The molecule has 1 unspecified atom stereocenters. The van der Waals surface area contributed by atoms with Crippen LogP contribution in [-0.2, 0) is 6.54 Å². The topological polar surface area (TPSA) is 39.1 Å². The number of nitrogens with zero attached hydrogens (tertiary/aromatic N) is 2. The van der Waals surface area contributed by atoms with Gasteiger partial charge in [-0.05, 0) is 44.5 Å². The van der Waals surface area contributed by atoms with Crippen LogP contribution in [0.3, 0.4) is 0 Å². The first kappa shape index (κ1) is 13.1. The average Bonchev–Trinajstić information content (AvgIpc) is 3.22. The normalized spacial score (nSPS) is 16.6. The van der Waals surface area contributed by atoms with Crippen molar-refractivity contribution in [3.05, 3.63) is 35.4 Å². The van der Waals surface area contributed by atoms with Crippen LogP contribution in [0, 0.1) is 11.3 Å². The first-order valence-electron chi connectivity index (χ1n) is 6.62. The third-order valence-corrected chi connectivity index (χ3v) is 3.64. The number of hydrogen-bond donors (Lipinski definition) is 1. The average molecular weight is 243 g/mol. The van der Waals surface area contributed by atoms with Crippen molar-refractivity contribution in [3.63, 3.8) is 0 Å². The second-order valence-electron chi connectivity index (χ2n) is 5.19. The second kappa shape index (κ2) is 5.99. The van der Waals surface area contributed by atoms with E-state index in [1.165, 1.54) is 18.4 Å².